The number of carbonyl (C=O) groups is 2. The van der Waals surface area contributed by atoms with Crippen molar-refractivity contribution < 1.29 is 9.59 Å². The Hall–Kier alpha value is -0.810. The maximum Gasteiger partial charge on any atom is 0.240 e. The molecule has 1 atom stereocenters. The molecule has 1 aliphatic heterocycles. The molecule has 5 nitrogen and oxygen atoms in total. The van der Waals surface area contributed by atoms with E-state index in [-0.39, 0.29) is 36.7 Å². The summed E-state index contributed by atoms with van der Waals surface area (Å²) < 4.78 is 0. The van der Waals surface area contributed by atoms with Gasteiger partial charge in [0.1, 0.15) is 0 Å². The van der Waals surface area contributed by atoms with Gasteiger partial charge in [-0.1, -0.05) is 26.2 Å². The van der Waals surface area contributed by atoms with Crippen molar-refractivity contribution in [1.29, 1.82) is 0 Å². The van der Waals surface area contributed by atoms with E-state index >= 15 is 0 Å². The van der Waals surface area contributed by atoms with Crippen molar-refractivity contribution >= 4 is 24.2 Å². The Kier molecular flexibility index (Phi) is 8.04. The first kappa shape index (κ1) is 18.2. The first-order valence-electron chi connectivity index (χ1n) is 8.02. The number of nitrogens with zero attached hydrogens (tertiary/aromatic N) is 1. The van der Waals surface area contributed by atoms with E-state index < -0.39 is 0 Å². The van der Waals surface area contributed by atoms with E-state index in [9.17, 15) is 9.59 Å². The van der Waals surface area contributed by atoms with Crippen LogP contribution in [0.25, 0.3) is 0 Å². The molecule has 1 saturated heterocycles. The Morgan fingerprint density at radius 3 is 2.71 bits per heavy atom. The van der Waals surface area contributed by atoms with E-state index in [1.165, 1.54) is 19.3 Å². The Morgan fingerprint density at radius 2 is 2.05 bits per heavy atom. The van der Waals surface area contributed by atoms with Crippen LogP contribution in [0.4, 0.5) is 0 Å². The second-order valence-corrected chi connectivity index (χ2v) is 5.94. The van der Waals surface area contributed by atoms with Gasteiger partial charge in [-0.25, -0.2) is 0 Å². The lowest BCUT2D eigenvalue weighted by atomic mass is 9.95. The molecule has 21 heavy (non-hydrogen) atoms. The summed E-state index contributed by atoms with van der Waals surface area (Å²) in [6.07, 6.45) is 7.09. The fourth-order valence-electron chi connectivity index (χ4n) is 3.16. The average Bonchev–Trinajstić information content (AvgIpc) is 2.44. The minimum absolute atomic E-state index is 0. The molecule has 6 heteroatoms. The van der Waals surface area contributed by atoms with Gasteiger partial charge in [-0.2, -0.15) is 0 Å². The average molecular weight is 318 g/mol. The number of rotatable bonds is 5. The van der Waals surface area contributed by atoms with Crippen molar-refractivity contribution in [3.63, 3.8) is 0 Å². The van der Waals surface area contributed by atoms with E-state index in [4.69, 9.17) is 0 Å². The molecule has 2 rings (SSSR count). The molecule has 0 aromatic heterocycles. The predicted octanol–water partition coefficient (Wildman–Crippen LogP) is 1.46. The maximum atomic E-state index is 12.2. The summed E-state index contributed by atoms with van der Waals surface area (Å²) in [6.45, 7) is 4.40. The Balaban J connectivity index is 0.00000220. The highest BCUT2D eigenvalue weighted by Crippen LogP contribution is 2.17. The van der Waals surface area contributed by atoms with Gasteiger partial charge in [0.25, 0.3) is 0 Å². The summed E-state index contributed by atoms with van der Waals surface area (Å²) in [5, 5.41) is 6.26. The number of carbonyl (C=O) groups excluding carboxylic acids is 2. The van der Waals surface area contributed by atoms with Crippen LogP contribution in [0.5, 0.6) is 0 Å². The third-order valence-electron chi connectivity index (χ3n) is 4.24. The summed E-state index contributed by atoms with van der Waals surface area (Å²) in [7, 11) is 0. The van der Waals surface area contributed by atoms with E-state index in [0.29, 0.717) is 6.04 Å². The van der Waals surface area contributed by atoms with Crippen molar-refractivity contribution in [1.82, 2.24) is 15.5 Å². The van der Waals surface area contributed by atoms with Crippen LogP contribution in [0.2, 0.25) is 0 Å². The normalized spacial score (nSPS) is 23.6. The molecular formula is C15H28ClN3O2. The number of piperazine rings is 1. The zero-order chi connectivity index (χ0) is 14.4. The van der Waals surface area contributed by atoms with Crippen LogP contribution in [-0.4, -0.2) is 48.4 Å². The molecule has 2 N–H and O–H groups in total. The predicted molar refractivity (Wildman–Crippen MR) is 85.5 cm³/mol. The van der Waals surface area contributed by atoms with Crippen LogP contribution in [0.1, 0.15) is 51.9 Å². The van der Waals surface area contributed by atoms with Gasteiger partial charge in [-0.05, 0) is 19.3 Å². The van der Waals surface area contributed by atoms with Gasteiger partial charge in [0.2, 0.25) is 11.8 Å². The van der Waals surface area contributed by atoms with Crippen LogP contribution in [-0.2, 0) is 9.59 Å². The van der Waals surface area contributed by atoms with Crippen molar-refractivity contribution in [2.75, 3.05) is 19.6 Å². The van der Waals surface area contributed by atoms with Crippen molar-refractivity contribution in [3.8, 4) is 0 Å². The molecule has 1 heterocycles. The van der Waals surface area contributed by atoms with Crippen LogP contribution in [0.3, 0.4) is 0 Å². The van der Waals surface area contributed by atoms with Gasteiger partial charge < -0.3 is 15.5 Å². The standard InChI is InChI=1S/C15H27N3O2.ClH/c1-2-9-18-10-8-16-13(15(18)20)11-14(19)17-12-6-4-3-5-7-12;/h12-13,16H,2-11H2,1H3,(H,17,19);1H. The van der Waals surface area contributed by atoms with Gasteiger partial charge >= 0.3 is 0 Å². The maximum absolute atomic E-state index is 12.2. The SMILES string of the molecule is CCCN1CCNC(CC(=O)NC2CCCCC2)C1=O.Cl. The Morgan fingerprint density at radius 1 is 1.33 bits per heavy atom. The highest BCUT2D eigenvalue weighted by atomic mass is 35.5. The highest BCUT2D eigenvalue weighted by molar-refractivity contribution is 5.89. The van der Waals surface area contributed by atoms with Crippen molar-refractivity contribution in [2.24, 2.45) is 0 Å². The summed E-state index contributed by atoms with van der Waals surface area (Å²) in [5.41, 5.74) is 0. The number of hydrogen-bond donors (Lipinski definition) is 2. The van der Waals surface area contributed by atoms with Crippen LogP contribution >= 0.6 is 12.4 Å². The lowest BCUT2D eigenvalue weighted by Gasteiger charge is -2.33. The smallest absolute Gasteiger partial charge is 0.240 e. The minimum Gasteiger partial charge on any atom is -0.353 e. The number of halogens is 1. The molecule has 122 valence electrons. The largest absolute Gasteiger partial charge is 0.353 e. The lowest BCUT2D eigenvalue weighted by molar-refractivity contribution is -0.138. The third kappa shape index (κ3) is 5.47. The first-order chi connectivity index (χ1) is 9.70. The molecule has 1 aliphatic carbocycles. The van der Waals surface area contributed by atoms with Crippen molar-refractivity contribution in [2.45, 2.75) is 64.0 Å². The molecule has 2 amide bonds. The number of nitrogens with one attached hydrogen (secondary N) is 2. The molecule has 0 aromatic rings. The zero-order valence-corrected chi connectivity index (χ0v) is 13.7. The van der Waals surface area contributed by atoms with Gasteiger partial charge in [-0.3, -0.25) is 9.59 Å². The second-order valence-electron chi connectivity index (χ2n) is 5.94. The summed E-state index contributed by atoms with van der Waals surface area (Å²) in [6, 6.07) is -0.0134. The zero-order valence-electron chi connectivity index (χ0n) is 12.9. The van der Waals surface area contributed by atoms with E-state index in [2.05, 4.69) is 17.6 Å². The van der Waals surface area contributed by atoms with Crippen molar-refractivity contribution in [3.05, 3.63) is 0 Å². The molecule has 1 unspecified atom stereocenters. The van der Waals surface area contributed by atoms with Crippen LogP contribution in [0, 0.1) is 0 Å². The second kappa shape index (κ2) is 9.26. The van der Waals surface area contributed by atoms with E-state index in [1.54, 1.807) is 0 Å². The van der Waals surface area contributed by atoms with Gasteiger partial charge in [0.15, 0.2) is 0 Å². The molecule has 0 aromatic carbocycles. The summed E-state index contributed by atoms with van der Waals surface area (Å²) in [5.74, 6) is 0.0954. The molecule has 0 spiro atoms. The number of amides is 2. The van der Waals surface area contributed by atoms with Gasteiger partial charge in [0.05, 0.1) is 12.5 Å². The van der Waals surface area contributed by atoms with Crippen LogP contribution < -0.4 is 10.6 Å². The van der Waals surface area contributed by atoms with E-state index in [1.807, 2.05) is 4.90 Å². The molecule has 1 saturated carbocycles. The molecule has 2 fully saturated rings. The lowest BCUT2D eigenvalue weighted by Crippen LogP contribution is -2.56. The van der Waals surface area contributed by atoms with E-state index in [0.717, 1.165) is 38.9 Å². The molecule has 0 radical (unpaired) electrons. The number of hydrogen-bond acceptors (Lipinski definition) is 3. The summed E-state index contributed by atoms with van der Waals surface area (Å²) in [4.78, 5) is 26.2. The highest BCUT2D eigenvalue weighted by Gasteiger charge is 2.30. The quantitative estimate of drug-likeness (QED) is 0.807. The monoisotopic (exact) mass is 317 g/mol. The fourth-order valence-corrected chi connectivity index (χ4v) is 3.16. The Bertz CT molecular complexity index is 344. The third-order valence-corrected chi connectivity index (χ3v) is 4.24. The van der Waals surface area contributed by atoms with Crippen LogP contribution in [0.15, 0.2) is 0 Å². The van der Waals surface area contributed by atoms with Gasteiger partial charge in [-0.15, -0.1) is 12.4 Å². The Labute approximate surface area is 133 Å². The molecule has 2 aliphatic rings. The summed E-state index contributed by atoms with van der Waals surface area (Å²) >= 11 is 0. The topological polar surface area (TPSA) is 61.4 Å². The minimum atomic E-state index is -0.334. The molecular weight excluding hydrogens is 290 g/mol. The van der Waals surface area contributed by atoms with Gasteiger partial charge in [0, 0.05) is 25.7 Å². The first-order valence-corrected chi connectivity index (χ1v) is 8.02. The fraction of sp³-hybridized carbons (Fsp3) is 0.867. The molecule has 0 bridgehead atoms.